The van der Waals surface area contributed by atoms with Crippen LogP contribution in [0.3, 0.4) is 0 Å². The monoisotopic (exact) mass is 555 g/mol. The molecule has 7 nitrogen and oxygen atoms in total. The van der Waals surface area contributed by atoms with Gasteiger partial charge in [-0.3, -0.25) is 9.69 Å². The number of benzene rings is 3. The van der Waals surface area contributed by atoms with E-state index in [1.807, 2.05) is 65.9 Å². The third kappa shape index (κ3) is 5.75. The van der Waals surface area contributed by atoms with Crippen LogP contribution in [0.4, 0.5) is 0 Å². The lowest BCUT2D eigenvalue weighted by Gasteiger charge is -2.35. The van der Waals surface area contributed by atoms with Gasteiger partial charge in [0.05, 0.1) is 32.5 Å². The molecule has 0 aliphatic carbocycles. The lowest BCUT2D eigenvalue weighted by Crippen LogP contribution is -2.47. The fourth-order valence-electron chi connectivity index (χ4n) is 6.02. The predicted molar refractivity (Wildman–Crippen MR) is 163 cm³/mol. The first-order valence-corrected chi connectivity index (χ1v) is 14.3. The molecule has 1 amide bonds. The van der Waals surface area contributed by atoms with Gasteiger partial charge in [-0.2, -0.15) is 0 Å². The molecule has 0 fully saturated rings. The molecule has 0 spiro atoms. The van der Waals surface area contributed by atoms with Gasteiger partial charge in [0.2, 0.25) is 0 Å². The maximum absolute atomic E-state index is 14.5. The molecule has 1 aliphatic rings. The van der Waals surface area contributed by atoms with Gasteiger partial charge in [-0.25, -0.2) is 0 Å². The van der Waals surface area contributed by atoms with Crippen LogP contribution in [0.2, 0.25) is 0 Å². The third-order valence-corrected chi connectivity index (χ3v) is 8.35. The number of likely N-dealkylation sites (N-methyl/N-ethyl adjacent to an activating group) is 1. The van der Waals surface area contributed by atoms with E-state index in [-0.39, 0.29) is 30.6 Å². The lowest BCUT2D eigenvalue weighted by atomic mass is 9.96. The van der Waals surface area contributed by atoms with Crippen LogP contribution in [0.25, 0.3) is 22.0 Å². The van der Waals surface area contributed by atoms with Crippen molar-refractivity contribution in [2.75, 3.05) is 33.9 Å². The number of methoxy groups -OCH3 is 1. The van der Waals surface area contributed by atoms with E-state index in [1.165, 1.54) is 0 Å². The first kappa shape index (κ1) is 28.9. The van der Waals surface area contributed by atoms with Crippen molar-refractivity contribution in [1.82, 2.24) is 14.4 Å². The number of aromatic nitrogens is 1. The zero-order chi connectivity index (χ0) is 29.1. The summed E-state index contributed by atoms with van der Waals surface area (Å²) in [4.78, 5) is 18.6. The molecule has 0 radical (unpaired) electrons. The molecule has 0 bridgehead atoms. The van der Waals surface area contributed by atoms with E-state index >= 15 is 0 Å². The minimum absolute atomic E-state index is 0.0106. The smallest absolute Gasteiger partial charge is 0.271 e. The van der Waals surface area contributed by atoms with Crippen molar-refractivity contribution in [1.29, 1.82) is 0 Å². The normalized spacial score (nSPS) is 18.6. The summed E-state index contributed by atoms with van der Waals surface area (Å²) in [5.74, 6) is 0.796. The number of fused-ring (bicyclic) bond motifs is 5. The number of carbonyl (C=O) groups is 1. The molecule has 41 heavy (non-hydrogen) atoms. The van der Waals surface area contributed by atoms with Gasteiger partial charge >= 0.3 is 0 Å². The van der Waals surface area contributed by atoms with Crippen LogP contribution in [-0.2, 0) is 24.9 Å². The number of hydrogen-bond donors (Lipinski definition) is 1. The quantitative estimate of drug-likeness (QED) is 0.333. The van der Waals surface area contributed by atoms with Crippen molar-refractivity contribution >= 4 is 16.8 Å². The zero-order valence-corrected chi connectivity index (χ0v) is 24.7. The number of para-hydroxylation sites is 2. The van der Waals surface area contributed by atoms with Gasteiger partial charge in [-0.15, -0.1) is 0 Å². The summed E-state index contributed by atoms with van der Waals surface area (Å²) in [5, 5.41) is 11.3. The van der Waals surface area contributed by atoms with E-state index in [0.717, 1.165) is 38.9 Å². The minimum atomic E-state index is -0.348. The van der Waals surface area contributed by atoms with Crippen LogP contribution >= 0.6 is 0 Å². The van der Waals surface area contributed by atoms with Crippen molar-refractivity contribution in [2.24, 2.45) is 13.0 Å². The van der Waals surface area contributed by atoms with Crippen molar-refractivity contribution in [3.05, 3.63) is 89.6 Å². The van der Waals surface area contributed by atoms with Gasteiger partial charge in [0.1, 0.15) is 11.4 Å². The number of rotatable bonds is 7. The van der Waals surface area contributed by atoms with Crippen LogP contribution in [0, 0.1) is 5.92 Å². The summed E-state index contributed by atoms with van der Waals surface area (Å²) in [5.41, 5.74) is 5.71. The van der Waals surface area contributed by atoms with Crippen LogP contribution in [-0.4, -0.2) is 71.4 Å². The molecule has 0 saturated carbocycles. The van der Waals surface area contributed by atoms with Gasteiger partial charge in [0.25, 0.3) is 5.91 Å². The molecule has 0 saturated heterocycles. The number of amides is 1. The fourth-order valence-corrected chi connectivity index (χ4v) is 6.02. The van der Waals surface area contributed by atoms with Crippen molar-refractivity contribution in [3.63, 3.8) is 0 Å². The molecule has 1 aromatic heterocycles. The van der Waals surface area contributed by atoms with Crippen LogP contribution < -0.4 is 4.74 Å². The van der Waals surface area contributed by atoms with Crippen LogP contribution in [0.5, 0.6) is 5.75 Å². The third-order valence-electron chi connectivity index (χ3n) is 8.35. The fraction of sp³-hybridized carbons (Fsp3) is 0.382. The summed E-state index contributed by atoms with van der Waals surface area (Å²) in [6, 6.07) is 24.1. The average molecular weight is 556 g/mol. The number of aryl methyl sites for hydroxylation is 1. The van der Waals surface area contributed by atoms with Gasteiger partial charge < -0.3 is 24.0 Å². The average Bonchev–Trinajstić information content (AvgIpc) is 3.28. The van der Waals surface area contributed by atoms with E-state index in [2.05, 4.69) is 49.2 Å². The largest absolute Gasteiger partial charge is 0.496 e. The van der Waals surface area contributed by atoms with Gasteiger partial charge in [-0.1, -0.05) is 67.6 Å². The minimum Gasteiger partial charge on any atom is -0.496 e. The van der Waals surface area contributed by atoms with E-state index in [4.69, 9.17) is 9.47 Å². The molecular formula is C34H41N3O4. The number of hydrogen-bond acceptors (Lipinski definition) is 5. The molecule has 4 aromatic rings. The van der Waals surface area contributed by atoms with Crippen molar-refractivity contribution in [3.8, 4) is 16.9 Å². The number of aliphatic hydroxyl groups is 1. The highest BCUT2D eigenvalue weighted by Crippen LogP contribution is 2.38. The Balaban J connectivity index is 1.56. The molecule has 7 heteroatoms. The standard InChI is InChI=1S/C34H41N3O4/c1-23-18-37(24(2)21-38)34(39)33-32(28-15-9-10-16-29(28)36(33)4)27-14-8-6-13-26(27)22-41-31(23)20-35(3)19-25-12-7-11-17-30(25)40-5/h6-17,23-24,31,38H,18-22H2,1-5H3/t23-,24+,31+/m1/s1. The van der Waals surface area contributed by atoms with Crippen molar-refractivity contribution in [2.45, 2.75) is 39.1 Å². The second kappa shape index (κ2) is 12.5. The maximum Gasteiger partial charge on any atom is 0.271 e. The summed E-state index contributed by atoms with van der Waals surface area (Å²) < 4.78 is 14.3. The number of nitrogens with zero attached hydrogens (tertiary/aromatic N) is 3. The molecule has 3 atom stereocenters. The topological polar surface area (TPSA) is 67.2 Å². The molecular weight excluding hydrogens is 514 g/mol. The first-order chi connectivity index (χ1) is 19.8. The van der Waals surface area contributed by atoms with Gasteiger partial charge in [-0.05, 0) is 37.2 Å². The number of carbonyl (C=O) groups excluding carboxylic acids is 1. The van der Waals surface area contributed by atoms with E-state index in [1.54, 1.807) is 7.11 Å². The van der Waals surface area contributed by atoms with Gasteiger partial charge in [0, 0.05) is 54.6 Å². The zero-order valence-electron chi connectivity index (χ0n) is 24.7. The Morgan fingerprint density at radius 2 is 1.78 bits per heavy atom. The Morgan fingerprint density at radius 1 is 1.07 bits per heavy atom. The summed E-state index contributed by atoms with van der Waals surface area (Å²) in [7, 11) is 5.74. The molecule has 0 unspecified atom stereocenters. The summed E-state index contributed by atoms with van der Waals surface area (Å²) >= 11 is 0. The highest BCUT2D eigenvalue weighted by Gasteiger charge is 2.33. The molecule has 216 valence electrons. The highest BCUT2D eigenvalue weighted by atomic mass is 16.5. The second-order valence-corrected chi connectivity index (χ2v) is 11.3. The summed E-state index contributed by atoms with van der Waals surface area (Å²) in [6.45, 7) is 6.20. The first-order valence-electron chi connectivity index (χ1n) is 14.3. The van der Waals surface area contributed by atoms with E-state index in [0.29, 0.717) is 31.9 Å². The lowest BCUT2D eigenvalue weighted by molar-refractivity contribution is -0.0242. The Morgan fingerprint density at radius 3 is 2.56 bits per heavy atom. The Bertz CT molecular complexity index is 1510. The molecule has 1 aliphatic heterocycles. The SMILES string of the molecule is COc1ccccc1CN(C)C[C@@H]1OCc2ccccc2-c2c(n(C)c3ccccc23)C(=O)N([C@@H](C)CO)C[C@H]1C. The Kier molecular flexibility index (Phi) is 8.78. The molecule has 2 heterocycles. The van der Waals surface area contributed by atoms with Gasteiger partial charge in [0.15, 0.2) is 0 Å². The van der Waals surface area contributed by atoms with E-state index < -0.39 is 0 Å². The Labute approximate surface area is 242 Å². The predicted octanol–water partition coefficient (Wildman–Crippen LogP) is 5.34. The maximum atomic E-state index is 14.5. The summed E-state index contributed by atoms with van der Waals surface area (Å²) in [6.07, 6.45) is -0.151. The van der Waals surface area contributed by atoms with Crippen LogP contribution in [0.15, 0.2) is 72.8 Å². The number of aliphatic hydroxyl groups excluding tert-OH is 1. The second-order valence-electron chi connectivity index (χ2n) is 11.3. The van der Waals surface area contributed by atoms with Crippen molar-refractivity contribution < 1.29 is 19.4 Å². The van der Waals surface area contributed by atoms with Crippen LogP contribution in [0.1, 0.15) is 35.5 Å². The highest BCUT2D eigenvalue weighted by molar-refractivity contribution is 6.10. The molecule has 3 aromatic carbocycles. The van der Waals surface area contributed by atoms with E-state index in [9.17, 15) is 9.90 Å². The number of ether oxygens (including phenoxy) is 2. The molecule has 5 rings (SSSR count). The molecule has 1 N–H and O–H groups in total. The Hall–Kier alpha value is -3.65.